The van der Waals surface area contributed by atoms with E-state index in [9.17, 15) is 4.79 Å². The second-order valence-corrected chi connectivity index (χ2v) is 4.99. The van der Waals surface area contributed by atoms with Gasteiger partial charge in [-0.1, -0.05) is 13.8 Å². The highest BCUT2D eigenvalue weighted by atomic mass is 16.5. The van der Waals surface area contributed by atoms with E-state index < -0.39 is 0 Å². The molecule has 0 bridgehead atoms. The fourth-order valence-corrected chi connectivity index (χ4v) is 2.13. The molecule has 6 nitrogen and oxygen atoms in total. The van der Waals surface area contributed by atoms with Gasteiger partial charge in [0.15, 0.2) is 5.65 Å². The predicted octanol–water partition coefficient (Wildman–Crippen LogP) is 0.825. The van der Waals surface area contributed by atoms with Crippen molar-refractivity contribution in [2.45, 2.75) is 25.8 Å². The number of nitrogens with zero attached hydrogens (tertiary/aromatic N) is 4. The van der Waals surface area contributed by atoms with Crippen molar-refractivity contribution >= 4 is 11.2 Å². The molecule has 0 saturated carbocycles. The number of hydrogen-bond acceptors (Lipinski definition) is 4. The molecule has 0 spiro atoms. The van der Waals surface area contributed by atoms with Crippen molar-refractivity contribution in [3.63, 3.8) is 0 Å². The third-order valence-electron chi connectivity index (χ3n) is 3.35. The summed E-state index contributed by atoms with van der Waals surface area (Å²) in [6.07, 6.45) is 1.73. The summed E-state index contributed by atoms with van der Waals surface area (Å²) >= 11 is 0. The van der Waals surface area contributed by atoms with Crippen LogP contribution in [0.1, 0.15) is 31.6 Å². The Bertz CT molecular complexity index is 652. The monoisotopic (exact) mass is 248 g/mol. The highest BCUT2D eigenvalue weighted by molar-refractivity contribution is 5.70. The lowest BCUT2D eigenvalue weighted by Crippen LogP contribution is -2.37. The molecule has 18 heavy (non-hydrogen) atoms. The second-order valence-electron chi connectivity index (χ2n) is 4.99. The number of fused-ring (bicyclic) bond motifs is 1. The van der Waals surface area contributed by atoms with Gasteiger partial charge in [-0.15, -0.1) is 0 Å². The van der Waals surface area contributed by atoms with Crippen molar-refractivity contribution in [1.82, 2.24) is 19.1 Å². The van der Waals surface area contributed by atoms with Crippen LogP contribution in [0.2, 0.25) is 0 Å². The van der Waals surface area contributed by atoms with E-state index in [0.29, 0.717) is 13.2 Å². The normalized spacial score (nSPS) is 16.4. The van der Waals surface area contributed by atoms with Crippen molar-refractivity contribution in [3.8, 4) is 0 Å². The first-order chi connectivity index (χ1) is 8.59. The topological polar surface area (TPSA) is 61.9 Å². The molecule has 2 aromatic heterocycles. The van der Waals surface area contributed by atoms with Crippen molar-refractivity contribution in [2.75, 3.05) is 13.2 Å². The number of aromatic nitrogens is 4. The van der Waals surface area contributed by atoms with Crippen molar-refractivity contribution in [3.05, 3.63) is 22.5 Å². The van der Waals surface area contributed by atoms with E-state index in [1.54, 1.807) is 22.4 Å². The van der Waals surface area contributed by atoms with Crippen LogP contribution in [0, 0.1) is 0 Å². The lowest BCUT2D eigenvalue weighted by molar-refractivity contribution is -0.0233. The molecule has 0 amide bonds. The SMILES string of the molecule is CC(C)c1ncc2c(n1)n(C1COC1)c(=O)n2C. The smallest absolute Gasteiger partial charge is 0.330 e. The summed E-state index contributed by atoms with van der Waals surface area (Å²) in [5.74, 6) is 1.01. The van der Waals surface area contributed by atoms with E-state index in [1.165, 1.54) is 0 Å². The third kappa shape index (κ3) is 1.49. The number of aryl methyl sites for hydroxylation is 1. The second kappa shape index (κ2) is 3.91. The van der Waals surface area contributed by atoms with Gasteiger partial charge in [-0.25, -0.2) is 14.8 Å². The van der Waals surface area contributed by atoms with Crippen LogP contribution < -0.4 is 5.69 Å². The van der Waals surface area contributed by atoms with E-state index in [1.807, 2.05) is 13.8 Å². The number of imidazole rings is 1. The van der Waals surface area contributed by atoms with Crippen LogP contribution in [0.4, 0.5) is 0 Å². The average Bonchev–Trinajstić information content (AvgIpc) is 2.52. The number of hydrogen-bond donors (Lipinski definition) is 0. The summed E-state index contributed by atoms with van der Waals surface area (Å²) in [6, 6.07) is 0.108. The Morgan fingerprint density at radius 1 is 1.44 bits per heavy atom. The van der Waals surface area contributed by atoms with Gasteiger partial charge in [0.05, 0.1) is 25.5 Å². The molecule has 6 heteroatoms. The lowest BCUT2D eigenvalue weighted by atomic mass is 10.2. The van der Waals surface area contributed by atoms with Crippen LogP contribution in [0.3, 0.4) is 0 Å². The number of ether oxygens (including phenoxy) is 1. The quantitative estimate of drug-likeness (QED) is 0.789. The summed E-state index contributed by atoms with van der Waals surface area (Å²) in [7, 11) is 1.75. The first-order valence-electron chi connectivity index (χ1n) is 6.11. The van der Waals surface area contributed by atoms with E-state index in [0.717, 1.165) is 17.0 Å². The fourth-order valence-electron chi connectivity index (χ4n) is 2.13. The Morgan fingerprint density at radius 2 is 2.17 bits per heavy atom. The van der Waals surface area contributed by atoms with Gasteiger partial charge in [-0.3, -0.25) is 9.13 Å². The van der Waals surface area contributed by atoms with Gasteiger partial charge in [0.25, 0.3) is 0 Å². The lowest BCUT2D eigenvalue weighted by Gasteiger charge is -2.26. The summed E-state index contributed by atoms with van der Waals surface area (Å²) in [5, 5.41) is 0. The molecule has 3 heterocycles. The van der Waals surface area contributed by atoms with E-state index >= 15 is 0 Å². The Labute approximate surface area is 104 Å². The summed E-state index contributed by atoms with van der Waals surface area (Å²) < 4.78 is 8.49. The predicted molar refractivity (Wildman–Crippen MR) is 66.7 cm³/mol. The highest BCUT2D eigenvalue weighted by Crippen LogP contribution is 2.21. The minimum absolute atomic E-state index is 0.0477. The van der Waals surface area contributed by atoms with E-state index in [2.05, 4.69) is 9.97 Å². The van der Waals surface area contributed by atoms with Crippen molar-refractivity contribution in [2.24, 2.45) is 7.05 Å². The van der Waals surface area contributed by atoms with Crippen LogP contribution in [0.5, 0.6) is 0 Å². The van der Waals surface area contributed by atoms with Crippen LogP contribution in [0.25, 0.3) is 11.2 Å². The zero-order valence-corrected chi connectivity index (χ0v) is 10.8. The minimum Gasteiger partial charge on any atom is -0.377 e. The molecule has 1 saturated heterocycles. The molecule has 1 aliphatic rings. The molecule has 0 aromatic carbocycles. The summed E-state index contributed by atoms with van der Waals surface area (Å²) in [5.41, 5.74) is 1.44. The van der Waals surface area contributed by atoms with Gasteiger partial charge < -0.3 is 4.74 Å². The van der Waals surface area contributed by atoms with Gasteiger partial charge in [0, 0.05) is 13.0 Å². The molecule has 0 N–H and O–H groups in total. The van der Waals surface area contributed by atoms with Crippen LogP contribution in [0.15, 0.2) is 11.0 Å². The van der Waals surface area contributed by atoms with E-state index in [-0.39, 0.29) is 17.6 Å². The molecule has 1 aliphatic heterocycles. The van der Waals surface area contributed by atoms with Gasteiger partial charge in [0.2, 0.25) is 0 Å². The Kier molecular flexibility index (Phi) is 2.48. The number of rotatable bonds is 2. The molecule has 1 fully saturated rings. The van der Waals surface area contributed by atoms with E-state index in [4.69, 9.17) is 4.74 Å². The highest BCUT2D eigenvalue weighted by Gasteiger charge is 2.26. The van der Waals surface area contributed by atoms with Crippen LogP contribution >= 0.6 is 0 Å². The largest absolute Gasteiger partial charge is 0.377 e. The average molecular weight is 248 g/mol. The van der Waals surface area contributed by atoms with Gasteiger partial charge in [-0.2, -0.15) is 0 Å². The molecule has 0 aliphatic carbocycles. The Morgan fingerprint density at radius 3 is 2.72 bits per heavy atom. The van der Waals surface area contributed by atoms with Crippen LogP contribution in [-0.2, 0) is 11.8 Å². The molecule has 0 unspecified atom stereocenters. The van der Waals surface area contributed by atoms with Gasteiger partial charge >= 0.3 is 5.69 Å². The fraction of sp³-hybridized carbons (Fsp3) is 0.583. The Balaban J connectivity index is 2.28. The molecule has 0 atom stereocenters. The molecule has 96 valence electrons. The zero-order valence-electron chi connectivity index (χ0n) is 10.8. The zero-order chi connectivity index (χ0) is 12.9. The molecular weight excluding hydrogens is 232 g/mol. The standard InChI is InChI=1S/C12H16N4O2/c1-7(2)10-13-4-9-11(14-10)16(8-5-18-6-8)12(17)15(9)3/h4,7-8H,5-6H2,1-3H3. The summed E-state index contributed by atoms with van der Waals surface area (Å²) in [6.45, 7) is 5.25. The maximum Gasteiger partial charge on any atom is 0.330 e. The Hall–Kier alpha value is -1.69. The third-order valence-corrected chi connectivity index (χ3v) is 3.35. The molecule has 2 aromatic rings. The maximum atomic E-state index is 12.2. The summed E-state index contributed by atoms with van der Waals surface area (Å²) in [4.78, 5) is 21.1. The van der Waals surface area contributed by atoms with Crippen LogP contribution in [-0.4, -0.2) is 32.3 Å². The van der Waals surface area contributed by atoms with Crippen molar-refractivity contribution in [1.29, 1.82) is 0 Å². The molecule has 0 radical (unpaired) electrons. The first-order valence-corrected chi connectivity index (χ1v) is 6.11. The molecule has 3 rings (SSSR count). The minimum atomic E-state index is -0.0477. The maximum absolute atomic E-state index is 12.2. The van der Waals surface area contributed by atoms with Crippen molar-refractivity contribution < 1.29 is 4.74 Å². The molecular formula is C12H16N4O2. The first kappa shape index (κ1) is 11.4. The van der Waals surface area contributed by atoms with Gasteiger partial charge in [0.1, 0.15) is 11.3 Å². The van der Waals surface area contributed by atoms with Gasteiger partial charge in [-0.05, 0) is 0 Å².